The van der Waals surface area contributed by atoms with E-state index in [0.29, 0.717) is 19.8 Å². The molecule has 1 heterocycles. The van der Waals surface area contributed by atoms with Gasteiger partial charge in [-0.2, -0.15) is 0 Å². The molecule has 0 radical (unpaired) electrons. The fraction of sp³-hybridized carbons (Fsp3) is 0.600. The minimum atomic E-state index is -0.181. The summed E-state index contributed by atoms with van der Waals surface area (Å²) in [5.74, 6) is 1.51. The topological polar surface area (TPSA) is 62.9 Å². The molecule has 0 aliphatic carbocycles. The van der Waals surface area contributed by atoms with Crippen LogP contribution in [-0.2, 0) is 9.47 Å². The zero-order valence-electron chi connectivity index (χ0n) is 12.3. The maximum absolute atomic E-state index is 6.09. The van der Waals surface area contributed by atoms with Crippen molar-refractivity contribution in [3.63, 3.8) is 0 Å². The van der Waals surface area contributed by atoms with Crippen molar-refractivity contribution in [1.82, 2.24) is 0 Å². The summed E-state index contributed by atoms with van der Waals surface area (Å²) >= 11 is 0. The van der Waals surface area contributed by atoms with E-state index >= 15 is 0 Å². The molecule has 0 aromatic heterocycles. The third kappa shape index (κ3) is 4.37. The van der Waals surface area contributed by atoms with Gasteiger partial charge >= 0.3 is 0 Å². The molecule has 5 heteroatoms. The summed E-state index contributed by atoms with van der Waals surface area (Å²) in [5, 5.41) is 0. The molecule has 0 bridgehead atoms. The first-order chi connectivity index (χ1) is 9.46. The molecule has 1 atom stereocenters. The molecule has 1 aliphatic heterocycles. The Morgan fingerprint density at radius 3 is 2.70 bits per heavy atom. The largest absolute Gasteiger partial charge is 0.454 e. The molecule has 112 valence electrons. The van der Waals surface area contributed by atoms with Crippen LogP contribution in [0.15, 0.2) is 18.2 Å². The molecule has 1 aromatic carbocycles. The maximum Gasteiger partial charge on any atom is 0.231 e. The number of fused-ring (bicyclic) bond motifs is 1. The first-order valence-corrected chi connectivity index (χ1v) is 6.82. The zero-order valence-corrected chi connectivity index (χ0v) is 12.3. The van der Waals surface area contributed by atoms with E-state index in [4.69, 9.17) is 24.7 Å². The van der Waals surface area contributed by atoms with Crippen molar-refractivity contribution in [2.45, 2.75) is 32.4 Å². The average Bonchev–Trinajstić information content (AvgIpc) is 2.83. The fourth-order valence-electron chi connectivity index (χ4n) is 1.86. The molecule has 1 aromatic rings. The molecular weight excluding hydrogens is 258 g/mol. The number of hydrogen-bond donors (Lipinski definition) is 1. The summed E-state index contributed by atoms with van der Waals surface area (Å²) in [5.41, 5.74) is 6.94. The van der Waals surface area contributed by atoms with E-state index in [9.17, 15) is 0 Å². The highest BCUT2D eigenvalue weighted by atomic mass is 16.7. The van der Waals surface area contributed by atoms with Gasteiger partial charge in [0.15, 0.2) is 11.5 Å². The van der Waals surface area contributed by atoms with Crippen LogP contribution >= 0.6 is 0 Å². The van der Waals surface area contributed by atoms with E-state index in [2.05, 4.69) is 0 Å². The average molecular weight is 281 g/mol. The van der Waals surface area contributed by atoms with Crippen LogP contribution in [0.25, 0.3) is 0 Å². The Labute approximate surface area is 120 Å². The monoisotopic (exact) mass is 281 g/mol. The van der Waals surface area contributed by atoms with Crippen LogP contribution in [0.4, 0.5) is 0 Å². The lowest BCUT2D eigenvalue weighted by Crippen LogP contribution is -2.23. The van der Waals surface area contributed by atoms with Crippen LogP contribution in [0.2, 0.25) is 0 Å². The third-order valence-electron chi connectivity index (χ3n) is 2.88. The second kappa shape index (κ2) is 6.43. The van der Waals surface area contributed by atoms with Crippen molar-refractivity contribution >= 4 is 0 Å². The van der Waals surface area contributed by atoms with E-state index < -0.39 is 0 Å². The van der Waals surface area contributed by atoms with E-state index in [0.717, 1.165) is 17.1 Å². The Hall–Kier alpha value is -1.30. The van der Waals surface area contributed by atoms with Gasteiger partial charge in [0.05, 0.1) is 31.5 Å². The van der Waals surface area contributed by atoms with Gasteiger partial charge in [-0.15, -0.1) is 0 Å². The Balaban J connectivity index is 1.73. The standard InChI is InChI=1S/C15H23NO4/c1-15(2,3)20-7-6-17-9-12(16)11-4-5-13-14(8-11)19-10-18-13/h4-5,8,12H,6-7,9-10,16H2,1-3H3. The second-order valence-electron chi connectivity index (χ2n) is 5.75. The minimum absolute atomic E-state index is 0.136. The van der Waals surface area contributed by atoms with Gasteiger partial charge in [-0.25, -0.2) is 0 Å². The third-order valence-corrected chi connectivity index (χ3v) is 2.88. The molecule has 1 unspecified atom stereocenters. The predicted octanol–water partition coefficient (Wildman–Crippen LogP) is 2.25. The molecule has 1 aliphatic rings. The van der Waals surface area contributed by atoms with Crippen LogP contribution in [-0.4, -0.2) is 32.2 Å². The zero-order chi connectivity index (χ0) is 14.6. The van der Waals surface area contributed by atoms with Crippen LogP contribution in [0, 0.1) is 0 Å². The lowest BCUT2D eigenvalue weighted by molar-refractivity contribution is -0.0363. The summed E-state index contributed by atoms with van der Waals surface area (Å²) in [6.07, 6.45) is 0. The Bertz CT molecular complexity index is 442. The predicted molar refractivity (Wildman–Crippen MR) is 76.0 cm³/mol. The maximum atomic E-state index is 6.09. The molecular formula is C15H23NO4. The molecule has 0 saturated heterocycles. The van der Waals surface area contributed by atoms with Gasteiger partial charge in [0.2, 0.25) is 6.79 Å². The van der Waals surface area contributed by atoms with Crippen molar-refractivity contribution in [3.8, 4) is 11.5 Å². The van der Waals surface area contributed by atoms with Gasteiger partial charge in [0, 0.05) is 0 Å². The molecule has 5 nitrogen and oxygen atoms in total. The van der Waals surface area contributed by atoms with E-state index in [-0.39, 0.29) is 18.4 Å². The molecule has 0 saturated carbocycles. The summed E-state index contributed by atoms with van der Waals surface area (Å²) < 4.78 is 21.7. The van der Waals surface area contributed by atoms with Gasteiger partial charge in [0.25, 0.3) is 0 Å². The van der Waals surface area contributed by atoms with Crippen molar-refractivity contribution in [1.29, 1.82) is 0 Å². The quantitative estimate of drug-likeness (QED) is 0.810. The van der Waals surface area contributed by atoms with Crippen LogP contribution in [0.1, 0.15) is 32.4 Å². The van der Waals surface area contributed by atoms with E-state index in [1.807, 2.05) is 39.0 Å². The Morgan fingerprint density at radius 2 is 1.95 bits per heavy atom. The molecule has 0 amide bonds. The first-order valence-electron chi connectivity index (χ1n) is 6.82. The Kier molecular flexibility index (Phi) is 4.86. The number of benzene rings is 1. The highest BCUT2D eigenvalue weighted by Gasteiger charge is 2.16. The fourth-order valence-corrected chi connectivity index (χ4v) is 1.86. The highest BCUT2D eigenvalue weighted by molar-refractivity contribution is 5.45. The smallest absolute Gasteiger partial charge is 0.231 e. The molecule has 2 rings (SSSR count). The van der Waals surface area contributed by atoms with Gasteiger partial charge < -0.3 is 24.7 Å². The minimum Gasteiger partial charge on any atom is -0.454 e. The van der Waals surface area contributed by atoms with Crippen LogP contribution < -0.4 is 15.2 Å². The molecule has 0 spiro atoms. The normalized spacial score (nSPS) is 15.4. The first kappa shape index (κ1) is 15.1. The SMILES string of the molecule is CC(C)(C)OCCOCC(N)c1ccc2c(c1)OCO2. The van der Waals surface area contributed by atoms with Gasteiger partial charge in [-0.05, 0) is 38.5 Å². The van der Waals surface area contributed by atoms with Crippen molar-refractivity contribution < 1.29 is 18.9 Å². The number of ether oxygens (including phenoxy) is 4. The summed E-state index contributed by atoms with van der Waals surface area (Å²) in [6.45, 7) is 7.89. The van der Waals surface area contributed by atoms with Gasteiger partial charge in [-0.1, -0.05) is 6.07 Å². The lowest BCUT2D eigenvalue weighted by atomic mass is 10.1. The van der Waals surface area contributed by atoms with E-state index in [1.54, 1.807) is 0 Å². The van der Waals surface area contributed by atoms with Crippen molar-refractivity contribution in [2.75, 3.05) is 26.6 Å². The van der Waals surface area contributed by atoms with Crippen molar-refractivity contribution in [2.24, 2.45) is 5.73 Å². The number of rotatable bonds is 6. The summed E-state index contributed by atoms with van der Waals surface area (Å²) in [7, 11) is 0. The van der Waals surface area contributed by atoms with Gasteiger partial charge in [-0.3, -0.25) is 0 Å². The molecule has 2 N–H and O–H groups in total. The second-order valence-corrected chi connectivity index (χ2v) is 5.75. The highest BCUT2D eigenvalue weighted by Crippen LogP contribution is 2.33. The van der Waals surface area contributed by atoms with Crippen LogP contribution in [0.3, 0.4) is 0 Å². The molecule has 0 fully saturated rings. The number of hydrogen-bond acceptors (Lipinski definition) is 5. The number of nitrogens with two attached hydrogens (primary N) is 1. The van der Waals surface area contributed by atoms with E-state index in [1.165, 1.54) is 0 Å². The summed E-state index contributed by atoms with van der Waals surface area (Å²) in [4.78, 5) is 0. The Morgan fingerprint density at radius 1 is 1.20 bits per heavy atom. The lowest BCUT2D eigenvalue weighted by Gasteiger charge is -2.20. The van der Waals surface area contributed by atoms with Gasteiger partial charge in [0.1, 0.15) is 0 Å². The van der Waals surface area contributed by atoms with Crippen molar-refractivity contribution in [3.05, 3.63) is 23.8 Å². The van der Waals surface area contributed by atoms with Crippen LogP contribution in [0.5, 0.6) is 11.5 Å². The summed E-state index contributed by atoms with van der Waals surface area (Å²) in [6, 6.07) is 5.54. The molecule has 20 heavy (non-hydrogen) atoms.